The Labute approximate surface area is 53.4 Å². The number of aliphatic carboxylic acids is 1. The Balaban J connectivity index is 0. The SMILES string of the molecule is CCCC(=O)[O-].[Cu+]. The van der Waals surface area contributed by atoms with Crippen LogP contribution in [0.25, 0.3) is 0 Å². The van der Waals surface area contributed by atoms with Crippen LogP contribution in [0.2, 0.25) is 0 Å². The molecule has 0 rings (SSSR count). The van der Waals surface area contributed by atoms with E-state index in [4.69, 9.17) is 0 Å². The van der Waals surface area contributed by atoms with Crippen molar-refractivity contribution in [3.63, 3.8) is 0 Å². The number of carboxylic acid groups (broad SMARTS) is 1. The van der Waals surface area contributed by atoms with Crippen LogP contribution in [0.1, 0.15) is 19.8 Å². The molecule has 0 saturated heterocycles. The van der Waals surface area contributed by atoms with Crippen LogP contribution < -0.4 is 5.11 Å². The Morgan fingerprint density at radius 2 is 2.14 bits per heavy atom. The monoisotopic (exact) mass is 150 g/mol. The van der Waals surface area contributed by atoms with Gasteiger partial charge in [-0.05, 0) is 6.42 Å². The minimum absolute atomic E-state index is 0. The summed E-state index contributed by atoms with van der Waals surface area (Å²) in [7, 11) is 0. The molecule has 0 aliphatic heterocycles. The van der Waals surface area contributed by atoms with E-state index in [9.17, 15) is 9.90 Å². The third-order valence-corrected chi connectivity index (χ3v) is 0.454. The molecule has 0 N–H and O–H groups in total. The Morgan fingerprint density at radius 1 is 1.71 bits per heavy atom. The van der Waals surface area contributed by atoms with Gasteiger partial charge in [0.2, 0.25) is 0 Å². The zero-order chi connectivity index (χ0) is 4.99. The zero-order valence-corrected chi connectivity index (χ0v) is 4.97. The molecule has 0 unspecified atom stereocenters. The fourth-order valence-corrected chi connectivity index (χ4v) is 0.204. The molecule has 0 atom stereocenters. The van der Waals surface area contributed by atoms with Gasteiger partial charge < -0.3 is 9.90 Å². The molecule has 0 saturated carbocycles. The number of carbonyl (C=O) groups is 1. The first kappa shape index (κ1) is 10.1. The van der Waals surface area contributed by atoms with Gasteiger partial charge >= 0.3 is 17.1 Å². The molecule has 0 fully saturated rings. The van der Waals surface area contributed by atoms with Crippen molar-refractivity contribution in [2.45, 2.75) is 19.8 Å². The van der Waals surface area contributed by atoms with E-state index in [1.165, 1.54) is 0 Å². The molecule has 0 aliphatic rings. The number of carboxylic acids is 1. The van der Waals surface area contributed by atoms with E-state index < -0.39 is 5.97 Å². The molecule has 0 radical (unpaired) electrons. The van der Waals surface area contributed by atoms with E-state index in [2.05, 4.69) is 0 Å². The van der Waals surface area contributed by atoms with Gasteiger partial charge in [0.05, 0.1) is 0 Å². The maximum absolute atomic E-state index is 9.49. The molecule has 0 aromatic heterocycles. The van der Waals surface area contributed by atoms with Gasteiger partial charge in [0.1, 0.15) is 0 Å². The minimum atomic E-state index is -0.961. The van der Waals surface area contributed by atoms with E-state index in [1.54, 1.807) is 6.92 Å². The summed E-state index contributed by atoms with van der Waals surface area (Å²) in [5, 5.41) is 9.49. The van der Waals surface area contributed by atoms with E-state index >= 15 is 0 Å². The number of hydrogen-bond donors (Lipinski definition) is 0. The second-order valence-corrected chi connectivity index (χ2v) is 1.12. The maximum atomic E-state index is 9.49. The summed E-state index contributed by atoms with van der Waals surface area (Å²) in [6.45, 7) is 1.80. The van der Waals surface area contributed by atoms with Crippen molar-refractivity contribution in [3.05, 3.63) is 0 Å². The van der Waals surface area contributed by atoms with Crippen molar-refractivity contribution in [1.82, 2.24) is 0 Å². The first-order chi connectivity index (χ1) is 2.77. The molecule has 3 heteroatoms. The molecule has 0 aromatic rings. The normalized spacial score (nSPS) is 7.00. The first-order valence-corrected chi connectivity index (χ1v) is 1.97. The Hall–Kier alpha value is -0.0105. The number of carbonyl (C=O) groups excluding carboxylic acids is 1. The minimum Gasteiger partial charge on any atom is -0.550 e. The van der Waals surface area contributed by atoms with Crippen molar-refractivity contribution in [1.29, 1.82) is 0 Å². The third-order valence-electron chi connectivity index (χ3n) is 0.454. The van der Waals surface area contributed by atoms with E-state index in [0.29, 0.717) is 6.42 Å². The van der Waals surface area contributed by atoms with Crippen molar-refractivity contribution in [2.75, 3.05) is 0 Å². The van der Waals surface area contributed by atoms with Crippen LogP contribution in [-0.4, -0.2) is 5.97 Å². The van der Waals surface area contributed by atoms with Crippen LogP contribution in [0.5, 0.6) is 0 Å². The topological polar surface area (TPSA) is 40.1 Å². The van der Waals surface area contributed by atoms with Gasteiger partial charge in [-0.15, -0.1) is 0 Å². The largest absolute Gasteiger partial charge is 1.00 e. The van der Waals surface area contributed by atoms with Gasteiger partial charge in [-0.25, -0.2) is 0 Å². The van der Waals surface area contributed by atoms with Crippen LogP contribution in [0.15, 0.2) is 0 Å². The van der Waals surface area contributed by atoms with Gasteiger partial charge in [0.15, 0.2) is 0 Å². The van der Waals surface area contributed by atoms with Crippen molar-refractivity contribution < 1.29 is 27.0 Å². The average Bonchev–Trinajstić information content (AvgIpc) is 1.35. The molecule has 0 aliphatic carbocycles. The van der Waals surface area contributed by atoms with E-state index in [-0.39, 0.29) is 23.5 Å². The quantitative estimate of drug-likeness (QED) is 0.500. The summed E-state index contributed by atoms with van der Waals surface area (Å²) in [6.07, 6.45) is 0.850. The van der Waals surface area contributed by atoms with Crippen molar-refractivity contribution >= 4 is 5.97 Å². The van der Waals surface area contributed by atoms with Crippen LogP contribution in [0.4, 0.5) is 0 Å². The molecule has 0 bridgehead atoms. The van der Waals surface area contributed by atoms with Crippen molar-refractivity contribution in [3.8, 4) is 0 Å². The first-order valence-electron chi connectivity index (χ1n) is 1.97. The molecule has 0 spiro atoms. The molecule has 2 nitrogen and oxygen atoms in total. The Kier molecular flexibility index (Phi) is 8.62. The average molecular weight is 151 g/mol. The van der Waals surface area contributed by atoms with Crippen LogP contribution in [-0.2, 0) is 21.9 Å². The third kappa shape index (κ3) is 10.7. The van der Waals surface area contributed by atoms with Gasteiger partial charge in [-0.2, -0.15) is 0 Å². The van der Waals surface area contributed by atoms with Crippen LogP contribution >= 0.6 is 0 Å². The Bertz CT molecular complexity index is 53.7. The fourth-order valence-electron chi connectivity index (χ4n) is 0.204. The van der Waals surface area contributed by atoms with Gasteiger partial charge in [0, 0.05) is 5.97 Å². The molecule has 7 heavy (non-hydrogen) atoms. The van der Waals surface area contributed by atoms with E-state index in [1.807, 2.05) is 0 Å². The summed E-state index contributed by atoms with van der Waals surface area (Å²) in [6, 6.07) is 0. The zero-order valence-electron chi connectivity index (χ0n) is 4.03. The molecule has 0 amide bonds. The number of hydrogen-bond acceptors (Lipinski definition) is 2. The summed E-state index contributed by atoms with van der Waals surface area (Å²) in [5.41, 5.74) is 0. The van der Waals surface area contributed by atoms with Crippen LogP contribution in [0.3, 0.4) is 0 Å². The van der Waals surface area contributed by atoms with E-state index in [0.717, 1.165) is 0 Å². The summed E-state index contributed by atoms with van der Waals surface area (Å²) in [4.78, 5) is 9.49. The summed E-state index contributed by atoms with van der Waals surface area (Å²) >= 11 is 0. The molecular weight excluding hydrogens is 144 g/mol. The number of rotatable bonds is 2. The van der Waals surface area contributed by atoms with Gasteiger partial charge in [-0.3, -0.25) is 0 Å². The second kappa shape index (κ2) is 5.99. The molecule has 46 valence electrons. The molecule has 0 heterocycles. The van der Waals surface area contributed by atoms with Crippen molar-refractivity contribution in [2.24, 2.45) is 0 Å². The fraction of sp³-hybridized carbons (Fsp3) is 0.750. The smallest absolute Gasteiger partial charge is 0.550 e. The molecule has 0 aromatic carbocycles. The predicted octanol–water partition coefficient (Wildman–Crippen LogP) is -0.466. The Morgan fingerprint density at radius 3 is 2.14 bits per heavy atom. The van der Waals surface area contributed by atoms with Gasteiger partial charge in [0.25, 0.3) is 0 Å². The molecular formula is C4H7CuO2. The standard InChI is InChI=1S/C4H8O2.Cu/c1-2-3-4(5)6;/h2-3H2,1H3,(H,5,6);/q;+1/p-1. The second-order valence-electron chi connectivity index (χ2n) is 1.12. The van der Waals surface area contributed by atoms with Gasteiger partial charge in [-0.1, -0.05) is 13.3 Å². The maximum Gasteiger partial charge on any atom is 1.00 e. The van der Waals surface area contributed by atoms with Crippen LogP contribution in [0, 0.1) is 0 Å². The predicted molar refractivity (Wildman–Crippen MR) is 19.9 cm³/mol. The summed E-state index contributed by atoms with van der Waals surface area (Å²) in [5.74, 6) is -0.961. The summed E-state index contributed by atoms with van der Waals surface area (Å²) < 4.78 is 0.